The van der Waals surface area contributed by atoms with Crippen molar-refractivity contribution < 1.29 is 5.11 Å². The largest absolute Gasteiger partial charge is 0.391 e. The lowest BCUT2D eigenvalue weighted by molar-refractivity contribution is 0.133. The van der Waals surface area contributed by atoms with Crippen LogP contribution in [0.15, 0.2) is 12.4 Å². The highest BCUT2D eigenvalue weighted by atomic mass is 16.3. The summed E-state index contributed by atoms with van der Waals surface area (Å²) in [7, 11) is 0. The van der Waals surface area contributed by atoms with Gasteiger partial charge in [-0.25, -0.2) is 9.97 Å². The number of rotatable bonds is 5. The summed E-state index contributed by atoms with van der Waals surface area (Å²) in [6.07, 6.45) is 1.03. The molecule has 5 heteroatoms. The Bertz CT molecular complexity index is 339. The van der Waals surface area contributed by atoms with Crippen molar-refractivity contribution in [3.8, 4) is 0 Å². The van der Waals surface area contributed by atoms with Crippen LogP contribution in [0.4, 0.5) is 11.6 Å². The molecule has 0 radical (unpaired) electrons. The maximum atomic E-state index is 9.59. The van der Waals surface area contributed by atoms with Crippen molar-refractivity contribution in [3.63, 3.8) is 0 Å². The lowest BCUT2D eigenvalue weighted by Gasteiger charge is -2.29. The first kappa shape index (κ1) is 12.7. The molecule has 0 fully saturated rings. The van der Waals surface area contributed by atoms with Crippen LogP contribution >= 0.6 is 0 Å². The van der Waals surface area contributed by atoms with Gasteiger partial charge in [0.05, 0.1) is 11.6 Å². The van der Waals surface area contributed by atoms with E-state index in [2.05, 4.69) is 20.6 Å². The van der Waals surface area contributed by atoms with Crippen LogP contribution in [-0.4, -0.2) is 33.3 Å². The molecule has 0 amide bonds. The van der Waals surface area contributed by atoms with Gasteiger partial charge in [0.2, 0.25) is 0 Å². The van der Waals surface area contributed by atoms with Gasteiger partial charge >= 0.3 is 0 Å². The predicted octanol–water partition coefficient (Wildman–Crippen LogP) is 1.48. The van der Waals surface area contributed by atoms with Crippen LogP contribution in [-0.2, 0) is 0 Å². The summed E-state index contributed by atoms with van der Waals surface area (Å²) in [5.74, 6) is 1.48. The minimum absolute atomic E-state index is 0.419. The third-order valence-corrected chi connectivity index (χ3v) is 2.52. The number of nitrogens with zero attached hydrogens (tertiary/aromatic N) is 2. The van der Waals surface area contributed by atoms with E-state index in [1.54, 1.807) is 6.92 Å². The summed E-state index contributed by atoms with van der Waals surface area (Å²) in [6.45, 7) is 8.42. The van der Waals surface area contributed by atoms with Gasteiger partial charge in [-0.2, -0.15) is 0 Å². The highest BCUT2D eigenvalue weighted by molar-refractivity contribution is 5.47. The molecule has 1 atom stereocenters. The fourth-order valence-electron chi connectivity index (χ4n) is 1.14. The van der Waals surface area contributed by atoms with E-state index in [0.717, 1.165) is 12.4 Å². The zero-order chi connectivity index (χ0) is 12.2. The second-order valence-corrected chi connectivity index (χ2v) is 4.34. The SMILES string of the molecule is CCNc1cc(NC(C)(C)C(C)O)ncn1. The first-order valence-corrected chi connectivity index (χ1v) is 5.48. The summed E-state index contributed by atoms with van der Waals surface area (Å²) in [4.78, 5) is 8.20. The van der Waals surface area contributed by atoms with Crippen molar-refractivity contribution in [2.75, 3.05) is 17.2 Å². The second-order valence-electron chi connectivity index (χ2n) is 4.34. The zero-order valence-corrected chi connectivity index (χ0v) is 10.3. The molecule has 0 bridgehead atoms. The Morgan fingerprint density at radius 2 is 2.00 bits per heavy atom. The van der Waals surface area contributed by atoms with Crippen LogP contribution in [0.1, 0.15) is 27.7 Å². The Morgan fingerprint density at radius 3 is 2.56 bits per heavy atom. The number of hydrogen-bond donors (Lipinski definition) is 3. The van der Waals surface area contributed by atoms with Crippen molar-refractivity contribution in [1.29, 1.82) is 0 Å². The average molecular weight is 224 g/mol. The van der Waals surface area contributed by atoms with E-state index in [1.165, 1.54) is 6.33 Å². The van der Waals surface area contributed by atoms with Gasteiger partial charge in [0, 0.05) is 12.6 Å². The van der Waals surface area contributed by atoms with Gasteiger partial charge in [0.1, 0.15) is 18.0 Å². The minimum atomic E-state index is -0.468. The first-order valence-electron chi connectivity index (χ1n) is 5.48. The molecule has 1 heterocycles. The molecule has 0 aromatic carbocycles. The van der Waals surface area contributed by atoms with E-state index in [-0.39, 0.29) is 0 Å². The highest BCUT2D eigenvalue weighted by Crippen LogP contribution is 2.17. The smallest absolute Gasteiger partial charge is 0.131 e. The third-order valence-electron chi connectivity index (χ3n) is 2.52. The van der Waals surface area contributed by atoms with Crippen molar-refractivity contribution in [1.82, 2.24) is 9.97 Å². The number of nitrogens with one attached hydrogen (secondary N) is 2. The Kier molecular flexibility index (Phi) is 4.06. The maximum Gasteiger partial charge on any atom is 0.131 e. The maximum absolute atomic E-state index is 9.59. The Balaban J connectivity index is 2.77. The molecule has 3 N–H and O–H groups in total. The van der Waals surface area contributed by atoms with Crippen LogP contribution in [0.25, 0.3) is 0 Å². The fraction of sp³-hybridized carbons (Fsp3) is 0.636. The molecule has 1 aromatic heterocycles. The molecule has 5 nitrogen and oxygen atoms in total. The van der Waals surface area contributed by atoms with Crippen molar-refractivity contribution in [3.05, 3.63) is 12.4 Å². The van der Waals surface area contributed by atoms with Crippen LogP contribution in [0, 0.1) is 0 Å². The van der Waals surface area contributed by atoms with E-state index in [9.17, 15) is 5.11 Å². The van der Waals surface area contributed by atoms with Gasteiger partial charge in [-0.05, 0) is 27.7 Å². The Morgan fingerprint density at radius 1 is 1.38 bits per heavy atom. The van der Waals surface area contributed by atoms with Gasteiger partial charge in [-0.15, -0.1) is 0 Å². The first-order chi connectivity index (χ1) is 7.45. The average Bonchev–Trinajstić information content (AvgIpc) is 2.17. The van der Waals surface area contributed by atoms with E-state index in [0.29, 0.717) is 5.82 Å². The lowest BCUT2D eigenvalue weighted by atomic mass is 9.99. The van der Waals surface area contributed by atoms with Crippen LogP contribution in [0.3, 0.4) is 0 Å². The number of aromatic nitrogens is 2. The molecule has 0 saturated heterocycles. The summed E-state index contributed by atoms with van der Waals surface area (Å²) in [6, 6.07) is 1.83. The lowest BCUT2D eigenvalue weighted by Crippen LogP contribution is -2.42. The topological polar surface area (TPSA) is 70.1 Å². The molecule has 1 rings (SSSR count). The molecule has 16 heavy (non-hydrogen) atoms. The Hall–Kier alpha value is -1.36. The van der Waals surface area contributed by atoms with Gasteiger partial charge in [0.15, 0.2) is 0 Å². The van der Waals surface area contributed by atoms with Crippen LogP contribution in [0.5, 0.6) is 0 Å². The Labute approximate surface area is 96.3 Å². The molecule has 0 aliphatic carbocycles. The highest BCUT2D eigenvalue weighted by Gasteiger charge is 2.24. The van der Waals surface area contributed by atoms with Gasteiger partial charge in [0.25, 0.3) is 0 Å². The summed E-state index contributed by atoms with van der Waals surface area (Å²) in [5.41, 5.74) is -0.419. The van der Waals surface area contributed by atoms with E-state index in [1.807, 2.05) is 26.8 Å². The summed E-state index contributed by atoms with van der Waals surface area (Å²) >= 11 is 0. The molecule has 90 valence electrons. The summed E-state index contributed by atoms with van der Waals surface area (Å²) < 4.78 is 0. The van der Waals surface area contributed by atoms with Gasteiger partial charge < -0.3 is 15.7 Å². The van der Waals surface area contributed by atoms with Crippen molar-refractivity contribution in [2.45, 2.75) is 39.3 Å². The van der Waals surface area contributed by atoms with Gasteiger partial charge in [-0.1, -0.05) is 0 Å². The molecule has 0 saturated carbocycles. The molecular weight excluding hydrogens is 204 g/mol. The number of anilines is 2. The molecule has 0 aliphatic rings. The standard InChI is InChI=1S/C11H20N4O/c1-5-12-9-6-10(14-7-13-9)15-11(3,4)8(2)16/h6-8,16H,5H2,1-4H3,(H2,12,13,14,15). The van der Waals surface area contributed by atoms with Crippen molar-refractivity contribution >= 4 is 11.6 Å². The number of aliphatic hydroxyl groups is 1. The second kappa shape index (κ2) is 5.12. The molecule has 1 unspecified atom stereocenters. The van der Waals surface area contributed by atoms with Gasteiger partial charge in [-0.3, -0.25) is 0 Å². The van der Waals surface area contributed by atoms with E-state index in [4.69, 9.17) is 0 Å². The third kappa shape index (κ3) is 3.34. The monoisotopic (exact) mass is 224 g/mol. The van der Waals surface area contributed by atoms with E-state index < -0.39 is 11.6 Å². The minimum Gasteiger partial charge on any atom is -0.391 e. The predicted molar refractivity (Wildman–Crippen MR) is 65.6 cm³/mol. The quantitative estimate of drug-likeness (QED) is 0.706. The van der Waals surface area contributed by atoms with Crippen molar-refractivity contribution in [2.24, 2.45) is 0 Å². The molecule has 1 aromatic rings. The number of hydrogen-bond acceptors (Lipinski definition) is 5. The molecular formula is C11H20N4O. The van der Waals surface area contributed by atoms with E-state index >= 15 is 0 Å². The number of aliphatic hydroxyl groups excluding tert-OH is 1. The zero-order valence-electron chi connectivity index (χ0n) is 10.3. The van der Waals surface area contributed by atoms with Crippen LogP contribution < -0.4 is 10.6 Å². The summed E-state index contributed by atoms with van der Waals surface area (Å²) in [5, 5.41) is 15.9. The fourth-order valence-corrected chi connectivity index (χ4v) is 1.14. The molecule has 0 aliphatic heterocycles. The molecule has 0 spiro atoms. The van der Waals surface area contributed by atoms with Crippen LogP contribution in [0.2, 0.25) is 0 Å². The normalized spacial score (nSPS) is 13.3.